The lowest BCUT2D eigenvalue weighted by molar-refractivity contribution is -0.122. The lowest BCUT2D eigenvalue weighted by Gasteiger charge is -2.07. The van der Waals surface area contributed by atoms with Gasteiger partial charge in [-0.15, -0.1) is 0 Å². The monoisotopic (exact) mass is 245 g/mol. The Balaban J connectivity index is 3.16. The lowest BCUT2D eigenvalue weighted by atomic mass is 10.1. The number of ether oxygens (including phenoxy) is 2. The first-order valence-electron chi connectivity index (χ1n) is 6.50. The number of nitrogens with one attached hydrogen (secondary N) is 1. The molecule has 0 fully saturated rings. The van der Waals surface area contributed by atoms with Crippen molar-refractivity contribution in [3.8, 4) is 0 Å². The molecule has 17 heavy (non-hydrogen) atoms. The summed E-state index contributed by atoms with van der Waals surface area (Å²) in [4.78, 5) is 11.3. The highest BCUT2D eigenvalue weighted by Gasteiger charge is 2.01. The molecule has 0 heterocycles. The molecule has 0 aromatic carbocycles. The average Bonchev–Trinajstić information content (AvgIpc) is 2.27. The van der Waals surface area contributed by atoms with E-state index in [0.29, 0.717) is 25.6 Å². The Bertz CT molecular complexity index is 184. The molecule has 0 saturated heterocycles. The Morgan fingerprint density at radius 1 is 1.18 bits per heavy atom. The number of amides is 1. The van der Waals surface area contributed by atoms with Crippen LogP contribution in [0.1, 0.15) is 39.5 Å². The summed E-state index contributed by atoms with van der Waals surface area (Å²) >= 11 is 0. The Kier molecular flexibility index (Phi) is 11.4. The third-order valence-electron chi connectivity index (χ3n) is 2.40. The zero-order chi connectivity index (χ0) is 12.9. The van der Waals surface area contributed by atoms with Gasteiger partial charge in [-0.3, -0.25) is 4.79 Å². The molecule has 0 atom stereocenters. The number of carbonyl (C=O) groups is 1. The van der Waals surface area contributed by atoms with Crippen LogP contribution in [0, 0.1) is 5.92 Å². The summed E-state index contributed by atoms with van der Waals surface area (Å²) in [5.74, 6) is 0.717. The predicted octanol–water partition coefficient (Wildman–Crippen LogP) is 1.98. The van der Waals surface area contributed by atoms with Gasteiger partial charge in [0.25, 0.3) is 0 Å². The maximum Gasteiger partial charge on any atom is 0.222 e. The first kappa shape index (κ1) is 16.4. The molecule has 0 aliphatic carbocycles. The van der Waals surface area contributed by atoms with Crippen LogP contribution < -0.4 is 5.32 Å². The molecule has 1 amide bonds. The topological polar surface area (TPSA) is 47.6 Å². The van der Waals surface area contributed by atoms with Crippen LogP contribution in [0.5, 0.6) is 0 Å². The van der Waals surface area contributed by atoms with Gasteiger partial charge in [0.2, 0.25) is 5.91 Å². The standard InChI is InChI=1S/C13H27NO3/c1-12(2)6-8-14-13(15)7-11-17-10-5-4-9-16-3/h12H,4-11H2,1-3H3,(H,14,15). The van der Waals surface area contributed by atoms with Crippen LogP contribution in [-0.4, -0.2) is 39.4 Å². The smallest absolute Gasteiger partial charge is 0.222 e. The van der Waals surface area contributed by atoms with E-state index in [1.807, 2.05) is 0 Å². The minimum Gasteiger partial charge on any atom is -0.385 e. The van der Waals surface area contributed by atoms with Crippen molar-refractivity contribution in [2.75, 3.05) is 33.5 Å². The van der Waals surface area contributed by atoms with E-state index in [1.165, 1.54) is 0 Å². The van der Waals surface area contributed by atoms with Gasteiger partial charge >= 0.3 is 0 Å². The zero-order valence-electron chi connectivity index (χ0n) is 11.5. The molecule has 0 spiro atoms. The Morgan fingerprint density at radius 2 is 1.88 bits per heavy atom. The average molecular weight is 245 g/mol. The highest BCUT2D eigenvalue weighted by molar-refractivity contribution is 5.75. The molecule has 0 aliphatic heterocycles. The summed E-state index contributed by atoms with van der Waals surface area (Å²) in [6.07, 6.45) is 3.49. The molecule has 0 aromatic heterocycles. The van der Waals surface area contributed by atoms with Crippen molar-refractivity contribution in [3.05, 3.63) is 0 Å². The van der Waals surface area contributed by atoms with E-state index < -0.39 is 0 Å². The van der Waals surface area contributed by atoms with Crippen LogP contribution >= 0.6 is 0 Å². The fraction of sp³-hybridized carbons (Fsp3) is 0.923. The molecule has 0 aromatic rings. The van der Waals surface area contributed by atoms with Gasteiger partial charge in [-0.1, -0.05) is 13.8 Å². The first-order chi connectivity index (χ1) is 8.16. The maximum atomic E-state index is 11.3. The van der Waals surface area contributed by atoms with E-state index in [9.17, 15) is 4.79 Å². The van der Waals surface area contributed by atoms with Gasteiger partial charge < -0.3 is 14.8 Å². The Hall–Kier alpha value is -0.610. The van der Waals surface area contributed by atoms with Crippen LogP contribution in [0.4, 0.5) is 0 Å². The van der Waals surface area contributed by atoms with E-state index >= 15 is 0 Å². The lowest BCUT2D eigenvalue weighted by Crippen LogP contribution is -2.26. The van der Waals surface area contributed by atoms with Crippen molar-refractivity contribution >= 4 is 5.91 Å². The molecule has 0 unspecified atom stereocenters. The van der Waals surface area contributed by atoms with Gasteiger partial charge in [-0.2, -0.15) is 0 Å². The molecular weight excluding hydrogens is 218 g/mol. The summed E-state index contributed by atoms with van der Waals surface area (Å²) in [6, 6.07) is 0. The van der Waals surface area contributed by atoms with Crippen molar-refractivity contribution in [3.63, 3.8) is 0 Å². The fourth-order valence-corrected chi connectivity index (χ4v) is 1.31. The van der Waals surface area contributed by atoms with E-state index in [-0.39, 0.29) is 5.91 Å². The zero-order valence-corrected chi connectivity index (χ0v) is 11.5. The summed E-state index contributed by atoms with van der Waals surface area (Å²) in [7, 11) is 1.70. The largest absolute Gasteiger partial charge is 0.385 e. The third-order valence-corrected chi connectivity index (χ3v) is 2.40. The van der Waals surface area contributed by atoms with E-state index in [1.54, 1.807) is 7.11 Å². The van der Waals surface area contributed by atoms with Gasteiger partial charge in [-0.05, 0) is 25.2 Å². The third kappa shape index (κ3) is 13.3. The number of unbranched alkanes of at least 4 members (excludes halogenated alkanes) is 1. The Labute approximate surface area is 105 Å². The molecule has 0 bridgehead atoms. The summed E-state index contributed by atoms with van der Waals surface area (Å²) in [5, 5.41) is 2.89. The number of rotatable bonds is 11. The summed E-state index contributed by atoms with van der Waals surface area (Å²) in [6.45, 7) is 7.07. The highest BCUT2D eigenvalue weighted by atomic mass is 16.5. The molecule has 0 saturated carbocycles. The fourth-order valence-electron chi connectivity index (χ4n) is 1.31. The number of hydrogen-bond donors (Lipinski definition) is 1. The van der Waals surface area contributed by atoms with E-state index in [2.05, 4.69) is 19.2 Å². The van der Waals surface area contributed by atoms with Gasteiger partial charge in [0.1, 0.15) is 0 Å². The predicted molar refractivity (Wildman–Crippen MR) is 69.0 cm³/mol. The second-order valence-electron chi connectivity index (χ2n) is 4.59. The number of methoxy groups -OCH3 is 1. The van der Waals surface area contributed by atoms with Crippen LogP contribution in [0.15, 0.2) is 0 Å². The minimum absolute atomic E-state index is 0.0857. The van der Waals surface area contributed by atoms with Gasteiger partial charge in [-0.25, -0.2) is 0 Å². The summed E-state index contributed by atoms with van der Waals surface area (Å²) < 4.78 is 10.3. The minimum atomic E-state index is 0.0857. The van der Waals surface area contributed by atoms with Crippen LogP contribution in [0.25, 0.3) is 0 Å². The van der Waals surface area contributed by atoms with Gasteiger partial charge in [0, 0.05) is 33.3 Å². The Morgan fingerprint density at radius 3 is 2.53 bits per heavy atom. The number of carbonyl (C=O) groups excluding carboxylic acids is 1. The molecular formula is C13H27NO3. The molecule has 1 N–H and O–H groups in total. The molecule has 102 valence electrons. The first-order valence-corrected chi connectivity index (χ1v) is 6.50. The van der Waals surface area contributed by atoms with Gasteiger partial charge in [0.05, 0.1) is 6.61 Å². The van der Waals surface area contributed by atoms with Crippen LogP contribution in [0.2, 0.25) is 0 Å². The quantitative estimate of drug-likeness (QED) is 0.566. The van der Waals surface area contributed by atoms with Gasteiger partial charge in [0.15, 0.2) is 0 Å². The normalized spacial score (nSPS) is 10.8. The van der Waals surface area contributed by atoms with Crippen molar-refractivity contribution < 1.29 is 14.3 Å². The number of hydrogen-bond acceptors (Lipinski definition) is 3. The second-order valence-corrected chi connectivity index (χ2v) is 4.59. The van der Waals surface area contributed by atoms with Crippen molar-refractivity contribution in [1.82, 2.24) is 5.32 Å². The SMILES string of the molecule is COCCCCOCCC(=O)NCCC(C)C. The van der Waals surface area contributed by atoms with E-state index in [4.69, 9.17) is 9.47 Å². The van der Waals surface area contributed by atoms with Crippen molar-refractivity contribution in [1.29, 1.82) is 0 Å². The molecule has 0 radical (unpaired) electrons. The van der Waals surface area contributed by atoms with Crippen molar-refractivity contribution in [2.45, 2.75) is 39.5 Å². The molecule has 0 aliphatic rings. The maximum absolute atomic E-state index is 11.3. The molecule has 4 heteroatoms. The van der Waals surface area contributed by atoms with E-state index in [0.717, 1.165) is 32.4 Å². The van der Waals surface area contributed by atoms with Crippen LogP contribution in [-0.2, 0) is 14.3 Å². The molecule has 4 nitrogen and oxygen atoms in total. The van der Waals surface area contributed by atoms with Crippen LogP contribution in [0.3, 0.4) is 0 Å². The van der Waals surface area contributed by atoms with Crippen molar-refractivity contribution in [2.24, 2.45) is 5.92 Å². The molecule has 0 rings (SSSR count). The summed E-state index contributed by atoms with van der Waals surface area (Å²) in [5.41, 5.74) is 0. The second kappa shape index (κ2) is 11.9. The highest BCUT2D eigenvalue weighted by Crippen LogP contribution is 1.96.